The zero-order valence-electron chi connectivity index (χ0n) is 16.3. The monoisotopic (exact) mass is 430 g/mol. The molecule has 0 aliphatic rings. The average molecular weight is 430 g/mol. The zero-order valence-corrected chi connectivity index (χ0v) is 17.1. The molecule has 0 unspecified atom stereocenters. The summed E-state index contributed by atoms with van der Waals surface area (Å²) in [4.78, 5) is 12.4. The third-order valence-electron chi connectivity index (χ3n) is 4.73. The Balaban J connectivity index is 1.57. The van der Waals surface area contributed by atoms with Gasteiger partial charge in [-0.1, -0.05) is 60.7 Å². The van der Waals surface area contributed by atoms with Crippen LogP contribution >= 0.6 is 0 Å². The van der Waals surface area contributed by atoms with Crippen LogP contribution in [0.5, 0.6) is 11.5 Å². The molecule has 4 aromatic carbocycles. The molecule has 1 N–H and O–H groups in total. The fourth-order valence-corrected chi connectivity index (χ4v) is 3.64. The van der Waals surface area contributed by atoms with E-state index in [1.165, 1.54) is 12.1 Å². The summed E-state index contributed by atoms with van der Waals surface area (Å²) in [5, 5.41) is 0. The van der Waals surface area contributed by atoms with E-state index in [4.69, 9.17) is 9.29 Å². The van der Waals surface area contributed by atoms with E-state index in [2.05, 4.69) is 0 Å². The van der Waals surface area contributed by atoms with Gasteiger partial charge < -0.3 is 4.74 Å². The van der Waals surface area contributed by atoms with Crippen LogP contribution in [0.4, 0.5) is 0 Å². The lowest BCUT2D eigenvalue weighted by Gasteiger charge is -2.12. The molecular formula is C25H18O5S. The second-order valence-corrected chi connectivity index (χ2v) is 8.24. The number of benzene rings is 4. The Kier molecular flexibility index (Phi) is 5.66. The lowest BCUT2D eigenvalue weighted by atomic mass is 10.0. The van der Waals surface area contributed by atoms with Gasteiger partial charge in [0.05, 0.1) is 4.90 Å². The molecule has 6 heteroatoms. The first kappa shape index (κ1) is 20.5. The molecule has 0 amide bonds. The second kappa shape index (κ2) is 8.55. The summed E-state index contributed by atoms with van der Waals surface area (Å²) in [6.45, 7) is 0. The van der Waals surface area contributed by atoms with Crippen molar-refractivity contribution < 1.29 is 22.5 Å². The normalized spacial score (nSPS) is 11.1. The fourth-order valence-electron chi connectivity index (χ4n) is 3.16. The summed E-state index contributed by atoms with van der Waals surface area (Å²) in [6, 6.07) is 29.2. The summed E-state index contributed by atoms with van der Waals surface area (Å²) in [5.74, 6) is 1.07. The van der Waals surface area contributed by atoms with Gasteiger partial charge in [0, 0.05) is 16.7 Å². The minimum atomic E-state index is -4.25. The highest BCUT2D eigenvalue weighted by Crippen LogP contribution is 2.33. The maximum Gasteiger partial charge on any atom is 0.294 e. The van der Waals surface area contributed by atoms with E-state index in [0.29, 0.717) is 22.6 Å². The average Bonchev–Trinajstić information content (AvgIpc) is 2.80. The van der Waals surface area contributed by atoms with E-state index in [1.807, 2.05) is 36.4 Å². The quantitative estimate of drug-likeness (QED) is 0.317. The molecule has 154 valence electrons. The predicted octanol–water partition coefficient (Wildman–Crippen LogP) is 5.62. The Morgan fingerprint density at radius 2 is 1.26 bits per heavy atom. The number of carbonyl (C=O) groups excluding carboxylic acids is 1. The van der Waals surface area contributed by atoms with E-state index in [-0.39, 0.29) is 10.7 Å². The van der Waals surface area contributed by atoms with Crippen LogP contribution < -0.4 is 4.74 Å². The number of ether oxygens (including phenoxy) is 1. The third-order valence-corrected chi connectivity index (χ3v) is 5.60. The Morgan fingerprint density at radius 1 is 0.677 bits per heavy atom. The third kappa shape index (κ3) is 4.71. The smallest absolute Gasteiger partial charge is 0.294 e. The van der Waals surface area contributed by atoms with E-state index in [9.17, 15) is 13.2 Å². The molecule has 4 aromatic rings. The fraction of sp³-hybridized carbons (Fsp3) is 0. The summed E-state index contributed by atoms with van der Waals surface area (Å²) >= 11 is 0. The van der Waals surface area contributed by atoms with Gasteiger partial charge in [0.15, 0.2) is 5.78 Å². The highest BCUT2D eigenvalue weighted by Gasteiger charge is 2.12. The van der Waals surface area contributed by atoms with Crippen molar-refractivity contribution in [2.75, 3.05) is 0 Å². The van der Waals surface area contributed by atoms with Gasteiger partial charge >= 0.3 is 0 Å². The lowest BCUT2D eigenvalue weighted by molar-refractivity contribution is 0.103. The van der Waals surface area contributed by atoms with Crippen LogP contribution in [0.1, 0.15) is 15.9 Å². The van der Waals surface area contributed by atoms with Gasteiger partial charge in [0.25, 0.3) is 10.1 Å². The second-order valence-electron chi connectivity index (χ2n) is 6.82. The number of para-hydroxylation sites is 1. The Hall–Kier alpha value is -3.74. The molecule has 0 saturated heterocycles. The van der Waals surface area contributed by atoms with Crippen LogP contribution in [-0.2, 0) is 10.1 Å². The molecule has 4 rings (SSSR count). The number of rotatable bonds is 6. The van der Waals surface area contributed by atoms with Crippen LogP contribution in [0, 0.1) is 0 Å². The van der Waals surface area contributed by atoms with Crippen molar-refractivity contribution in [3.8, 4) is 22.6 Å². The molecule has 0 aliphatic carbocycles. The highest BCUT2D eigenvalue weighted by molar-refractivity contribution is 7.85. The van der Waals surface area contributed by atoms with Crippen LogP contribution in [0.2, 0.25) is 0 Å². The maximum atomic E-state index is 12.6. The van der Waals surface area contributed by atoms with Crippen molar-refractivity contribution in [1.82, 2.24) is 0 Å². The molecule has 0 spiro atoms. The van der Waals surface area contributed by atoms with Gasteiger partial charge in [-0.2, -0.15) is 8.42 Å². The molecule has 0 atom stereocenters. The van der Waals surface area contributed by atoms with Crippen molar-refractivity contribution in [2.45, 2.75) is 4.90 Å². The van der Waals surface area contributed by atoms with Gasteiger partial charge in [-0.15, -0.1) is 0 Å². The first-order chi connectivity index (χ1) is 14.9. The molecule has 0 aliphatic heterocycles. The molecule has 0 fully saturated rings. The lowest BCUT2D eigenvalue weighted by Crippen LogP contribution is -2.00. The number of hydrogen-bond acceptors (Lipinski definition) is 4. The van der Waals surface area contributed by atoms with Crippen molar-refractivity contribution in [1.29, 1.82) is 0 Å². The number of hydrogen-bond donors (Lipinski definition) is 1. The minimum absolute atomic E-state index is 0.0634. The molecule has 0 saturated carbocycles. The van der Waals surface area contributed by atoms with Crippen LogP contribution in [0.15, 0.2) is 108 Å². The van der Waals surface area contributed by atoms with Crippen molar-refractivity contribution in [3.05, 3.63) is 114 Å². The van der Waals surface area contributed by atoms with Gasteiger partial charge in [-0.25, -0.2) is 0 Å². The molecule has 0 bridgehead atoms. The number of carbonyl (C=O) groups is 1. The SMILES string of the molecule is O=C(c1ccccc1)c1ccc(Oc2ccccc2-c2ccc(S(=O)(=O)O)cc2)cc1. The molecule has 0 radical (unpaired) electrons. The van der Waals surface area contributed by atoms with Gasteiger partial charge in [0.2, 0.25) is 0 Å². The van der Waals surface area contributed by atoms with Crippen molar-refractivity contribution in [2.24, 2.45) is 0 Å². The summed E-state index contributed by atoms with van der Waals surface area (Å²) in [7, 11) is -4.25. The molecule has 0 aromatic heterocycles. The van der Waals surface area contributed by atoms with Crippen LogP contribution in [0.3, 0.4) is 0 Å². The van der Waals surface area contributed by atoms with Gasteiger partial charge in [-0.3, -0.25) is 9.35 Å². The molecule has 31 heavy (non-hydrogen) atoms. The van der Waals surface area contributed by atoms with Crippen molar-refractivity contribution >= 4 is 15.9 Å². The highest BCUT2D eigenvalue weighted by atomic mass is 32.2. The minimum Gasteiger partial charge on any atom is -0.457 e. The molecular weight excluding hydrogens is 412 g/mol. The summed E-state index contributed by atoms with van der Waals surface area (Å²) < 4.78 is 37.7. The van der Waals surface area contributed by atoms with E-state index in [1.54, 1.807) is 54.6 Å². The van der Waals surface area contributed by atoms with E-state index >= 15 is 0 Å². The van der Waals surface area contributed by atoms with E-state index in [0.717, 1.165) is 11.1 Å². The summed E-state index contributed by atoms with van der Waals surface area (Å²) in [6.07, 6.45) is 0. The maximum absolute atomic E-state index is 12.6. The Morgan fingerprint density at radius 3 is 1.90 bits per heavy atom. The van der Waals surface area contributed by atoms with Crippen LogP contribution in [-0.4, -0.2) is 18.8 Å². The van der Waals surface area contributed by atoms with Crippen LogP contribution in [0.25, 0.3) is 11.1 Å². The van der Waals surface area contributed by atoms with Gasteiger partial charge in [0.1, 0.15) is 11.5 Å². The standard InChI is InChI=1S/C25H18O5S/c26-25(19-6-2-1-3-7-19)20-10-14-21(15-11-20)30-24-9-5-4-8-23(24)18-12-16-22(17-13-18)31(27,28)29/h1-17H,(H,27,28,29). The molecule has 5 nitrogen and oxygen atoms in total. The Labute approximate surface area is 180 Å². The zero-order chi connectivity index (χ0) is 21.8. The predicted molar refractivity (Wildman–Crippen MR) is 118 cm³/mol. The Bertz CT molecular complexity index is 1310. The largest absolute Gasteiger partial charge is 0.457 e. The van der Waals surface area contributed by atoms with E-state index < -0.39 is 10.1 Å². The summed E-state index contributed by atoms with van der Waals surface area (Å²) in [5.41, 5.74) is 2.68. The molecule has 0 heterocycles. The first-order valence-corrected chi connectivity index (χ1v) is 10.9. The van der Waals surface area contributed by atoms with Gasteiger partial charge in [-0.05, 0) is 48.0 Å². The first-order valence-electron chi connectivity index (χ1n) is 9.46. The topological polar surface area (TPSA) is 80.7 Å². The number of ketones is 1. The van der Waals surface area contributed by atoms with Crippen molar-refractivity contribution in [3.63, 3.8) is 0 Å².